The van der Waals surface area contributed by atoms with Gasteiger partial charge in [0.2, 0.25) is 0 Å². The average Bonchev–Trinajstić information content (AvgIpc) is 2.77. The highest BCUT2D eigenvalue weighted by atomic mass is 16.5. The van der Waals surface area contributed by atoms with Crippen molar-refractivity contribution in [1.82, 2.24) is 9.55 Å². The lowest BCUT2D eigenvalue weighted by atomic mass is 10.1. The number of imidazole rings is 1. The molecule has 4 heteroatoms. The standard InChI is InChI=1S/C16H23N3O/c1-5-19-15(17)14(18-16(19)11(3)4)12-7-9-13(10-8-12)20-6-2/h7-11H,5-6,17H2,1-4H3. The molecule has 0 bridgehead atoms. The Labute approximate surface area is 120 Å². The van der Waals surface area contributed by atoms with Crippen molar-refractivity contribution in [1.29, 1.82) is 0 Å². The summed E-state index contributed by atoms with van der Waals surface area (Å²) < 4.78 is 7.54. The summed E-state index contributed by atoms with van der Waals surface area (Å²) in [6, 6.07) is 7.93. The zero-order chi connectivity index (χ0) is 14.7. The maximum absolute atomic E-state index is 6.25. The van der Waals surface area contributed by atoms with Crippen LogP contribution < -0.4 is 10.5 Å². The number of nitrogens with two attached hydrogens (primary N) is 1. The van der Waals surface area contributed by atoms with Gasteiger partial charge in [-0.25, -0.2) is 4.98 Å². The number of ether oxygens (including phenoxy) is 1. The highest BCUT2D eigenvalue weighted by Crippen LogP contribution is 2.30. The van der Waals surface area contributed by atoms with Crippen molar-refractivity contribution in [3.63, 3.8) is 0 Å². The lowest BCUT2D eigenvalue weighted by molar-refractivity contribution is 0.340. The van der Waals surface area contributed by atoms with Crippen LogP contribution in [0, 0.1) is 0 Å². The van der Waals surface area contributed by atoms with E-state index in [0.29, 0.717) is 12.5 Å². The summed E-state index contributed by atoms with van der Waals surface area (Å²) in [4.78, 5) is 4.72. The zero-order valence-corrected chi connectivity index (χ0v) is 12.7. The SMILES string of the molecule is CCOc1ccc(-c2nc(C(C)C)n(CC)c2N)cc1. The van der Waals surface area contributed by atoms with Gasteiger partial charge in [0.1, 0.15) is 23.1 Å². The van der Waals surface area contributed by atoms with Gasteiger partial charge in [-0.2, -0.15) is 0 Å². The van der Waals surface area contributed by atoms with Gasteiger partial charge in [0, 0.05) is 18.0 Å². The maximum Gasteiger partial charge on any atom is 0.131 e. The van der Waals surface area contributed by atoms with Gasteiger partial charge in [0.15, 0.2) is 0 Å². The van der Waals surface area contributed by atoms with E-state index in [1.54, 1.807) is 0 Å². The van der Waals surface area contributed by atoms with E-state index in [2.05, 4.69) is 25.3 Å². The van der Waals surface area contributed by atoms with Gasteiger partial charge in [-0.1, -0.05) is 13.8 Å². The van der Waals surface area contributed by atoms with Crippen LogP contribution in [0.3, 0.4) is 0 Å². The Bertz CT molecular complexity index is 570. The van der Waals surface area contributed by atoms with E-state index in [-0.39, 0.29) is 0 Å². The second-order valence-electron chi connectivity index (χ2n) is 5.06. The first kappa shape index (κ1) is 14.4. The second kappa shape index (κ2) is 5.99. The van der Waals surface area contributed by atoms with Crippen LogP contribution in [-0.2, 0) is 6.54 Å². The summed E-state index contributed by atoms with van der Waals surface area (Å²) in [7, 11) is 0. The third-order valence-corrected chi connectivity index (χ3v) is 3.31. The number of benzene rings is 1. The minimum absolute atomic E-state index is 0.355. The predicted octanol–water partition coefficient (Wildman–Crippen LogP) is 3.67. The molecule has 20 heavy (non-hydrogen) atoms. The predicted molar refractivity (Wildman–Crippen MR) is 83.0 cm³/mol. The van der Waals surface area contributed by atoms with Crippen LogP contribution in [0.15, 0.2) is 24.3 Å². The molecular formula is C16H23N3O. The van der Waals surface area contributed by atoms with Crippen molar-refractivity contribution in [2.24, 2.45) is 0 Å². The highest BCUT2D eigenvalue weighted by molar-refractivity contribution is 5.71. The van der Waals surface area contributed by atoms with Crippen LogP contribution in [0.1, 0.15) is 39.4 Å². The van der Waals surface area contributed by atoms with E-state index in [1.807, 2.05) is 31.2 Å². The fourth-order valence-electron chi connectivity index (χ4n) is 2.34. The summed E-state index contributed by atoms with van der Waals surface area (Å²) in [6.07, 6.45) is 0. The van der Waals surface area contributed by atoms with Crippen molar-refractivity contribution in [3.05, 3.63) is 30.1 Å². The molecule has 0 amide bonds. The molecule has 4 nitrogen and oxygen atoms in total. The molecule has 0 unspecified atom stereocenters. The molecule has 0 saturated carbocycles. The summed E-state index contributed by atoms with van der Waals surface area (Å²) in [5.41, 5.74) is 8.14. The average molecular weight is 273 g/mol. The van der Waals surface area contributed by atoms with Crippen LogP contribution in [0.5, 0.6) is 5.75 Å². The number of hydrogen-bond donors (Lipinski definition) is 1. The Morgan fingerprint density at radius 3 is 2.30 bits per heavy atom. The van der Waals surface area contributed by atoms with E-state index >= 15 is 0 Å². The molecule has 108 valence electrons. The molecule has 1 aromatic heterocycles. The summed E-state index contributed by atoms with van der Waals surface area (Å²) >= 11 is 0. The van der Waals surface area contributed by atoms with Gasteiger partial charge < -0.3 is 15.0 Å². The molecule has 0 radical (unpaired) electrons. The number of nitrogens with zero attached hydrogens (tertiary/aromatic N) is 2. The molecular weight excluding hydrogens is 250 g/mol. The third kappa shape index (κ3) is 2.64. The summed E-state index contributed by atoms with van der Waals surface area (Å²) in [5.74, 6) is 3.00. The fourth-order valence-corrected chi connectivity index (χ4v) is 2.34. The van der Waals surface area contributed by atoms with E-state index < -0.39 is 0 Å². The minimum Gasteiger partial charge on any atom is -0.494 e. The third-order valence-electron chi connectivity index (χ3n) is 3.31. The van der Waals surface area contributed by atoms with Crippen LogP contribution >= 0.6 is 0 Å². The molecule has 1 aromatic carbocycles. The lowest BCUT2D eigenvalue weighted by Crippen LogP contribution is -2.06. The molecule has 1 heterocycles. The fraction of sp³-hybridized carbons (Fsp3) is 0.438. The normalized spacial score (nSPS) is 11.1. The molecule has 2 N–H and O–H groups in total. The Morgan fingerprint density at radius 2 is 1.85 bits per heavy atom. The first-order valence-corrected chi connectivity index (χ1v) is 7.17. The molecule has 0 aliphatic heterocycles. The highest BCUT2D eigenvalue weighted by Gasteiger charge is 2.17. The molecule has 2 rings (SSSR count). The summed E-state index contributed by atoms with van der Waals surface area (Å²) in [6.45, 7) is 9.84. The Morgan fingerprint density at radius 1 is 1.20 bits per heavy atom. The number of nitrogen functional groups attached to an aromatic ring is 1. The first-order valence-electron chi connectivity index (χ1n) is 7.17. The Hall–Kier alpha value is -1.97. The number of aromatic nitrogens is 2. The Balaban J connectivity index is 2.42. The Kier molecular flexibility index (Phi) is 4.32. The monoisotopic (exact) mass is 273 g/mol. The molecule has 0 fully saturated rings. The van der Waals surface area contributed by atoms with Crippen LogP contribution in [0.4, 0.5) is 5.82 Å². The smallest absolute Gasteiger partial charge is 0.131 e. The molecule has 0 atom stereocenters. The molecule has 0 aliphatic carbocycles. The molecule has 0 saturated heterocycles. The minimum atomic E-state index is 0.355. The largest absolute Gasteiger partial charge is 0.494 e. The molecule has 0 aliphatic rings. The van der Waals surface area contributed by atoms with Crippen LogP contribution in [0.2, 0.25) is 0 Å². The van der Waals surface area contributed by atoms with E-state index in [4.69, 9.17) is 15.5 Å². The van der Waals surface area contributed by atoms with E-state index in [9.17, 15) is 0 Å². The van der Waals surface area contributed by atoms with Crippen molar-refractivity contribution in [3.8, 4) is 17.0 Å². The van der Waals surface area contributed by atoms with Crippen molar-refractivity contribution in [2.75, 3.05) is 12.3 Å². The van der Waals surface area contributed by atoms with E-state index in [1.165, 1.54) is 0 Å². The van der Waals surface area contributed by atoms with Crippen molar-refractivity contribution in [2.45, 2.75) is 40.2 Å². The van der Waals surface area contributed by atoms with Gasteiger partial charge in [0.25, 0.3) is 0 Å². The number of rotatable bonds is 5. The maximum atomic E-state index is 6.25. The van der Waals surface area contributed by atoms with Gasteiger partial charge >= 0.3 is 0 Å². The van der Waals surface area contributed by atoms with Gasteiger partial charge in [-0.15, -0.1) is 0 Å². The van der Waals surface area contributed by atoms with E-state index in [0.717, 1.165) is 35.2 Å². The number of anilines is 1. The van der Waals surface area contributed by atoms with Gasteiger partial charge in [-0.05, 0) is 38.1 Å². The lowest BCUT2D eigenvalue weighted by Gasteiger charge is -2.08. The van der Waals surface area contributed by atoms with Crippen LogP contribution in [-0.4, -0.2) is 16.2 Å². The first-order chi connectivity index (χ1) is 9.58. The quantitative estimate of drug-likeness (QED) is 0.904. The molecule has 0 spiro atoms. The topological polar surface area (TPSA) is 53.1 Å². The molecule has 2 aromatic rings. The number of hydrogen-bond acceptors (Lipinski definition) is 3. The van der Waals surface area contributed by atoms with Crippen molar-refractivity contribution < 1.29 is 4.74 Å². The second-order valence-corrected chi connectivity index (χ2v) is 5.06. The van der Waals surface area contributed by atoms with Gasteiger partial charge in [0.05, 0.1) is 6.61 Å². The summed E-state index contributed by atoms with van der Waals surface area (Å²) in [5, 5.41) is 0. The van der Waals surface area contributed by atoms with Crippen molar-refractivity contribution >= 4 is 5.82 Å². The van der Waals surface area contributed by atoms with Crippen LogP contribution in [0.25, 0.3) is 11.3 Å². The van der Waals surface area contributed by atoms with Gasteiger partial charge in [-0.3, -0.25) is 0 Å². The zero-order valence-electron chi connectivity index (χ0n) is 12.7.